The molecule has 0 radical (unpaired) electrons. The number of ether oxygens (including phenoxy) is 2. The third kappa shape index (κ3) is 3.69. The van der Waals surface area contributed by atoms with E-state index in [0.29, 0.717) is 10.8 Å². The number of halogens is 1. The third-order valence-electron chi connectivity index (χ3n) is 1.89. The number of hydrogen-bond acceptors (Lipinski definition) is 4. The van der Waals surface area contributed by atoms with E-state index in [1.165, 1.54) is 0 Å². The first kappa shape index (κ1) is 12.8. The molecular formula is C10H13ClN2O3. The van der Waals surface area contributed by atoms with Gasteiger partial charge in [-0.25, -0.2) is 5.84 Å². The number of rotatable bonds is 5. The minimum Gasteiger partial charge on any atom is -0.496 e. The summed E-state index contributed by atoms with van der Waals surface area (Å²) in [6.45, 7) is 0.128. The highest BCUT2D eigenvalue weighted by Crippen LogP contribution is 2.23. The van der Waals surface area contributed by atoms with E-state index in [1.54, 1.807) is 25.3 Å². The van der Waals surface area contributed by atoms with Crippen molar-refractivity contribution in [3.8, 4) is 5.75 Å². The summed E-state index contributed by atoms with van der Waals surface area (Å²) in [5.41, 5.74) is 2.75. The monoisotopic (exact) mass is 244 g/mol. The van der Waals surface area contributed by atoms with E-state index in [1.807, 2.05) is 5.43 Å². The van der Waals surface area contributed by atoms with Crippen molar-refractivity contribution in [2.45, 2.75) is 6.61 Å². The van der Waals surface area contributed by atoms with Gasteiger partial charge < -0.3 is 9.47 Å². The average Bonchev–Trinajstić information content (AvgIpc) is 2.29. The fourth-order valence-corrected chi connectivity index (χ4v) is 1.35. The van der Waals surface area contributed by atoms with Crippen molar-refractivity contribution in [2.75, 3.05) is 13.7 Å². The molecule has 1 rings (SSSR count). The SMILES string of the molecule is COc1ccc(Cl)cc1COCC(=O)NN. The molecule has 1 aromatic carbocycles. The number of hydrazine groups is 1. The van der Waals surface area contributed by atoms with Crippen LogP contribution in [-0.2, 0) is 16.1 Å². The summed E-state index contributed by atoms with van der Waals surface area (Å²) in [6, 6.07) is 5.18. The topological polar surface area (TPSA) is 73.6 Å². The molecule has 0 fully saturated rings. The Hall–Kier alpha value is -1.30. The zero-order valence-corrected chi connectivity index (χ0v) is 9.58. The second kappa shape index (κ2) is 6.32. The summed E-state index contributed by atoms with van der Waals surface area (Å²) in [5, 5.41) is 0.586. The van der Waals surface area contributed by atoms with Crippen LogP contribution < -0.4 is 16.0 Å². The molecule has 0 spiro atoms. The zero-order chi connectivity index (χ0) is 12.0. The van der Waals surface area contributed by atoms with Crippen LogP contribution in [0, 0.1) is 0 Å². The van der Waals surface area contributed by atoms with Crippen molar-refractivity contribution in [3.63, 3.8) is 0 Å². The molecule has 0 bridgehead atoms. The zero-order valence-electron chi connectivity index (χ0n) is 8.83. The van der Waals surface area contributed by atoms with Crippen molar-refractivity contribution in [1.82, 2.24) is 5.43 Å². The number of methoxy groups -OCH3 is 1. The van der Waals surface area contributed by atoms with Crippen LogP contribution in [0.2, 0.25) is 5.02 Å². The van der Waals surface area contributed by atoms with Gasteiger partial charge in [0.2, 0.25) is 0 Å². The van der Waals surface area contributed by atoms with Crippen molar-refractivity contribution >= 4 is 17.5 Å². The van der Waals surface area contributed by atoms with Crippen LogP contribution in [-0.4, -0.2) is 19.6 Å². The van der Waals surface area contributed by atoms with Crippen LogP contribution in [0.1, 0.15) is 5.56 Å². The average molecular weight is 245 g/mol. The van der Waals surface area contributed by atoms with Gasteiger partial charge in [-0.05, 0) is 18.2 Å². The maximum absolute atomic E-state index is 10.8. The summed E-state index contributed by atoms with van der Waals surface area (Å²) in [4.78, 5) is 10.8. The van der Waals surface area contributed by atoms with Gasteiger partial charge in [-0.15, -0.1) is 0 Å². The molecule has 0 unspecified atom stereocenters. The smallest absolute Gasteiger partial charge is 0.259 e. The van der Waals surface area contributed by atoms with E-state index in [4.69, 9.17) is 26.9 Å². The van der Waals surface area contributed by atoms with E-state index in [9.17, 15) is 4.79 Å². The summed E-state index contributed by atoms with van der Waals surface area (Å²) in [5.74, 6) is 5.18. The number of amides is 1. The Morgan fingerprint density at radius 1 is 1.56 bits per heavy atom. The predicted molar refractivity (Wildman–Crippen MR) is 60.0 cm³/mol. The van der Waals surface area contributed by atoms with E-state index < -0.39 is 0 Å². The molecule has 0 saturated heterocycles. The Morgan fingerprint density at radius 3 is 2.94 bits per heavy atom. The van der Waals surface area contributed by atoms with Crippen molar-refractivity contribution in [2.24, 2.45) is 5.84 Å². The molecular weight excluding hydrogens is 232 g/mol. The quantitative estimate of drug-likeness (QED) is 0.458. The lowest BCUT2D eigenvalue weighted by Gasteiger charge is -2.09. The summed E-state index contributed by atoms with van der Waals surface area (Å²) >= 11 is 5.83. The van der Waals surface area contributed by atoms with Gasteiger partial charge in [-0.1, -0.05) is 11.6 Å². The van der Waals surface area contributed by atoms with Crippen LogP contribution in [0.25, 0.3) is 0 Å². The first-order valence-electron chi connectivity index (χ1n) is 4.57. The van der Waals surface area contributed by atoms with Crippen LogP contribution in [0.3, 0.4) is 0 Å². The lowest BCUT2D eigenvalue weighted by molar-refractivity contribution is -0.126. The molecule has 0 saturated carbocycles. The molecule has 16 heavy (non-hydrogen) atoms. The lowest BCUT2D eigenvalue weighted by atomic mass is 10.2. The van der Waals surface area contributed by atoms with Crippen molar-refractivity contribution in [3.05, 3.63) is 28.8 Å². The fraction of sp³-hybridized carbons (Fsp3) is 0.300. The molecule has 0 atom stereocenters. The van der Waals surface area contributed by atoms with Gasteiger partial charge in [0, 0.05) is 10.6 Å². The molecule has 3 N–H and O–H groups in total. The molecule has 6 heteroatoms. The van der Waals surface area contributed by atoms with Gasteiger partial charge in [0.05, 0.1) is 13.7 Å². The van der Waals surface area contributed by atoms with E-state index >= 15 is 0 Å². The highest BCUT2D eigenvalue weighted by atomic mass is 35.5. The van der Waals surface area contributed by atoms with Gasteiger partial charge in [-0.2, -0.15) is 0 Å². The van der Waals surface area contributed by atoms with Crippen molar-refractivity contribution in [1.29, 1.82) is 0 Å². The second-order valence-electron chi connectivity index (χ2n) is 3.02. The summed E-state index contributed by atoms with van der Waals surface area (Å²) in [6.07, 6.45) is 0. The number of nitrogens with one attached hydrogen (secondary N) is 1. The van der Waals surface area contributed by atoms with Gasteiger partial charge >= 0.3 is 0 Å². The van der Waals surface area contributed by atoms with Crippen LogP contribution >= 0.6 is 11.6 Å². The standard InChI is InChI=1S/C10H13ClN2O3/c1-15-9-3-2-8(11)4-7(9)5-16-6-10(14)13-12/h2-4H,5-6,12H2,1H3,(H,13,14). The number of carbonyl (C=O) groups is 1. The number of hydrogen-bond donors (Lipinski definition) is 2. The first-order valence-corrected chi connectivity index (χ1v) is 4.94. The normalized spacial score (nSPS) is 9.94. The van der Waals surface area contributed by atoms with E-state index in [0.717, 1.165) is 5.56 Å². The Morgan fingerprint density at radius 2 is 2.31 bits per heavy atom. The van der Waals surface area contributed by atoms with Gasteiger partial charge in [0.15, 0.2) is 0 Å². The number of benzene rings is 1. The second-order valence-corrected chi connectivity index (χ2v) is 3.45. The lowest BCUT2D eigenvalue weighted by Crippen LogP contribution is -2.33. The highest BCUT2D eigenvalue weighted by molar-refractivity contribution is 6.30. The molecule has 0 aliphatic carbocycles. The van der Waals surface area contributed by atoms with E-state index in [2.05, 4.69) is 0 Å². The molecule has 5 nitrogen and oxygen atoms in total. The molecule has 0 aromatic heterocycles. The Balaban J connectivity index is 2.58. The maximum Gasteiger partial charge on any atom is 0.259 e. The fourth-order valence-electron chi connectivity index (χ4n) is 1.16. The largest absolute Gasteiger partial charge is 0.496 e. The summed E-state index contributed by atoms with van der Waals surface area (Å²) in [7, 11) is 1.55. The predicted octanol–water partition coefficient (Wildman–Crippen LogP) is 0.855. The van der Waals surface area contributed by atoms with Crippen LogP contribution in [0.15, 0.2) is 18.2 Å². The molecule has 1 amide bonds. The first-order chi connectivity index (χ1) is 7.67. The maximum atomic E-state index is 10.8. The van der Waals surface area contributed by atoms with E-state index in [-0.39, 0.29) is 19.1 Å². The molecule has 0 heterocycles. The van der Waals surface area contributed by atoms with Gasteiger partial charge in [0.25, 0.3) is 5.91 Å². The van der Waals surface area contributed by atoms with Gasteiger partial charge in [-0.3, -0.25) is 10.2 Å². The molecule has 88 valence electrons. The minimum absolute atomic E-state index is 0.105. The van der Waals surface area contributed by atoms with Crippen molar-refractivity contribution < 1.29 is 14.3 Å². The number of carbonyl (C=O) groups excluding carboxylic acids is 1. The van der Waals surface area contributed by atoms with Crippen LogP contribution in [0.5, 0.6) is 5.75 Å². The Bertz CT molecular complexity index is 371. The summed E-state index contributed by atoms with van der Waals surface area (Å²) < 4.78 is 10.3. The minimum atomic E-state index is -0.388. The Labute approximate surface area is 98.4 Å². The Kier molecular flexibility index (Phi) is 5.04. The third-order valence-corrected chi connectivity index (χ3v) is 2.13. The highest BCUT2D eigenvalue weighted by Gasteiger charge is 2.05. The number of nitrogens with two attached hydrogens (primary N) is 1. The molecule has 1 aromatic rings. The molecule has 0 aliphatic heterocycles. The van der Waals surface area contributed by atoms with Crippen LogP contribution in [0.4, 0.5) is 0 Å². The molecule has 0 aliphatic rings. The van der Waals surface area contributed by atoms with Gasteiger partial charge in [0.1, 0.15) is 12.4 Å².